The Balaban J connectivity index is 2.69. The second-order valence-corrected chi connectivity index (χ2v) is 3.82. The summed E-state index contributed by atoms with van der Waals surface area (Å²) < 4.78 is 5.10. The van der Waals surface area contributed by atoms with Crippen molar-refractivity contribution in [1.29, 1.82) is 0 Å². The van der Waals surface area contributed by atoms with E-state index in [-0.39, 0.29) is 5.97 Å². The third-order valence-electron chi connectivity index (χ3n) is 2.68. The van der Waals surface area contributed by atoms with E-state index in [1.807, 2.05) is 6.92 Å². The largest absolute Gasteiger partial charge is 0.432 e. The lowest BCUT2D eigenvalue weighted by atomic mass is 9.85. The number of ether oxygens (including phenoxy) is 1. The SMILES string of the molecule is CC(=O)O/C(C)=C1\CCCCC1C. The highest BCUT2D eigenvalue weighted by molar-refractivity contribution is 5.67. The Bertz CT molecular complexity index is 228. The van der Waals surface area contributed by atoms with Crippen LogP contribution in [0.15, 0.2) is 11.3 Å². The summed E-state index contributed by atoms with van der Waals surface area (Å²) in [5.41, 5.74) is 1.33. The number of rotatable bonds is 1. The van der Waals surface area contributed by atoms with Gasteiger partial charge in [-0.25, -0.2) is 0 Å². The van der Waals surface area contributed by atoms with Gasteiger partial charge in [-0.3, -0.25) is 4.79 Å². The van der Waals surface area contributed by atoms with Crippen LogP contribution in [0.3, 0.4) is 0 Å². The quantitative estimate of drug-likeness (QED) is 0.460. The number of esters is 1. The molecule has 0 aromatic rings. The van der Waals surface area contributed by atoms with Crippen molar-refractivity contribution < 1.29 is 9.53 Å². The number of carbonyl (C=O) groups excluding carboxylic acids is 1. The summed E-state index contributed by atoms with van der Waals surface area (Å²) in [7, 11) is 0. The third-order valence-corrected chi connectivity index (χ3v) is 2.68. The molecule has 0 N–H and O–H groups in total. The molecule has 1 saturated carbocycles. The Hall–Kier alpha value is -0.790. The molecule has 1 fully saturated rings. The predicted molar refractivity (Wildman–Crippen MR) is 52.1 cm³/mol. The van der Waals surface area contributed by atoms with E-state index >= 15 is 0 Å². The minimum atomic E-state index is -0.206. The highest BCUT2D eigenvalue weighted by Gasteiger charge is 2.17. The highest BCUT2D eigenvalue weighted by atomic mass is 16.5. The van der Waals surface area contributed by atoms with Gasteiger partial charge in [-0.05, 0) is 37.7 Å². The smallest absolute Gasteiger partial charge is 0.307 e. The van der Waals surface area contributed by atoms with Crippen molar-refractivity contribution in [3.05, 3.63) is 11.3 Å². The van der Waals surface area contributed by atoms with Crippen LogP contribution >= 0.6 is 0 Å². The second kappa shape index (κ2) is 4.45. The van der Waals surface area contributed by atoms with Crippen molar-refractivity contribution in [3.63, 3.8) is 0 Å². The van der Waals surface area contributed by atoms with Gasteiger partial charge in [0.25, 0.3) is 0 Å². The van der Waals surface area contributed by atoms with Gasteiger partial charge in [0.1, 0.15) is 5.76 Å². The lowest BCUT2D eigenvalue weighted by Gasteiger charge is -2.23. The number of hydrogen-bond donors (Lipinski definition) is 0. The first-order chi connectivity index (χ1) is 6.11. The van der Waals surface area contributed by atoms with Crippen molar-refractivity contribution in [3.8, 4) is 0 Å². The minimum absolute atomic E-state index is 0.206. The molecule has 0 spiro atoms. The Kier molecular flexibility index (Phi) is 3.52. The van der Waals surface area contributed by atoms with Gasteiger partial charge in [0.05, 0.1) is 0 Å². The number of hydrogen-bond acceptors (Lipinski definition) is 2. The molecular formula is C11H18O2. The van der Waals surface area contributed by atoms with Crippen molar-refractivity contribution >= 4 is 5.97 Å². The minimum Gasteiger partial charge on any atom is -0.432 e. The van der Waals surface area contributed by atoms with Crippen LogP contribution in [0.25, 0.3) is 0 Å². The molecular weight excluding hydrogens is 164 g/mol. The summed E-state index contributed by atoms with van der Waals surface area (Å²) in [4.78, 5) is 10.7. The third kappa shape index (κ3) is 2.87. The van der Waals surface area contributed by atoms with Crippen LogP contribution in [-0.4, -0.2) is 5.97 Å². The van der Waals surface area contributed by atoms with E-state index in [2.05, 4.69) is 6.92 Å². The fourth-order valence-corrected chi connectivity index (χ4v) is 1.99. The maximum Gasteiger partial charge on any atom is 0.307 e. The Labute approximate surface area is 80.0 Å². The zero-order valence-electron chi connectivity index (χ0n) is 8.72. The van der Waals surface area contributed by atoms with E-state index in [1.54, 1.807) is 0 Å². The first kappa shape index (κ1) is 10.3. The van der Waals surface area contributed by atoms with Crippen LogP contribution in [0.2, 0.25) is 0 Å². The summed E-state index contributed by atoms with van der Waals surface area (Å²) in [5.74, 6) is 1.22. The zero-order valence-corrected chi connectivity index (χ0v) is 8.72. The fraction of sp³-hybridized carbons (Fsp3) is 0.727. The zero-order chi connectivity index (χ0) is 9.84. The molecule has 13 heavy (non-hydrogen) atoms. The van der Waals surface area contributed by atoms with Gasteiger partial charge in [-0.1, -0.05) is 13.3 Å². The maximum absolute atomic E-state index is 10.7. The molecule has 1 aliphatic rings. The molecule has 0 heterocycles. The van der Waals surface area contributed by atoms with Crippen LogP contribution in [0.1, 0.15) is 46.5 Å². The van der Waals surface area contributed by atoms with E-state index in [0.29, 0.717) is 5.92 Å². The average molecular weight is 182 g/mol. The molecule has 2 heteroatoms. The summed E-state index contributed by atoms with van der Waals surface area (Å²) >= 11 is 0. The van der Waals surface area contributed by atoms with Crippen LogP contribution in [0, 0.1) is 5.92 Å². The Morgan fingerprint density at radius 3 is 2.62 bits per heavy atom. The fourth-order valence-electron chi connectivity index (χ4n) is 1.99. The molecule has 0 aliphatic heterocycles. The second-order valence-electron chi connectivity index (χ2n) is 3.82. The van der Waals surface area contributed by atoms with Crippen molar-refractivity contribution in [2.75, 3.05) is 0 Å². The van der Waals surface area contributed by atoms with Gasteiger partial charge >= 0.3 is 5.97 Å². The molecule has 0 aromatic carbocycles. The lowest BCUT2D eigenvalue weighted by Crippen LogP contribution is -2.10. The molecule has 0 aromatic heterocycles. The molecule has 74 valence electrons. The van der Waals surface area contributed by atoms with E-state index < -0.39 is 0 Å². The summed E-state index contributed by atoms with van der Waals surface area (Å²) in [6.45, 7) is 5.57. The highest BCUT2D eigenvalue weighted by Crippen LogP contribution is 2.31. The lowest BCUT2D eigenvalue weighted by molar-refractivity contribution is -0.136. The van der Waals surface area contributed by atoms with E-state index in [9.17, 15) is 4.79 Å². The van der Waals surface area contributed by atoms with Crippen LogP contribution in [0.4, 0.5) is 0 Å². The van der Waals surface area contributed by atoms with E-state index in [0.717, 1.165) is 12.2 Å². The molecule has 1 unspecified atom stereocenters. The molecule has 1 atom stereocenters. The summed E-state index contributed by atoms with van der Waals surface area (Å²) in [5, 5.41) is 0. The summed E-state index contributed by atoms with van der Waals surface area (Å²) in [6.07, 6.45) is 4.87. The standard InChI is InChI=1S/C11H18O2/c1-8-6-4-5-7-11(8)9(2)13-10(3)12/h8H,4-7H2,1-3H3/b11-9+. The van der Waals surface area contributed by atoms with Gasteiger partial charge in [-0.2, -0.15) is 0 Å². The van der Waals surface area contributed by atoms with Gasteiger partial charge in [0.15, 0.2) is 0 Å². The maximum atomic E-state index is 10.7. The molecule has 1 rings (SSSR count). The van der Waals surface area contributed by atoms with Crippen molar-refractivity contribution in [2.45, 2.75) is 46.5 Å². The van der Waals surface area contributed by atoms with Crippen molar-refractivity contribution in [2.24, 2.45) is 5.92 Å². The van der Waals surface area contributed by atoms with Gasteiger partial charge in [-0.15, -0.1) is 0 Å². The van der Waals surface area contributed by atoms with Crippen molar-refractivity contribution in [1.82, 2.24) is 0 Å². The normalized spacial score (nSPS) is 26.8. The first-order valence-corrected chi connectivity index (χ1v) is 4.99. The molecule has 2 nitrogen and oxygen atoms in total. The van der Waals surface area contributed by atoms with Crippen LogP contribution in [-0.2, 0) is 9.53 Å². The van der Waals surface area contributed by atoms with Gasteiger partial charge < -0.3 is 4.74 Å². The molecule has 0 amide bonds. The van der Waals surface area contributed by atoms with E-state index in [4.69, 9.17) is 4.74 Å². The molecule has 0 bridgehead atoms. The average Bonchev–Trinajstić information content (AvgIpc) is 2.03. The van der Waals surface area contributed by atoms with Gasteiger partial charge in [0.2, 0.25) is 0 Å². The van der Waals surface area contributed by atoms with Crippen LogP contribution in [0.5, 0.6) is 0 Å². The molecule has 1 aliphatic carbocycles. The predicted octanol–water partition coefficient (Wildman–Crippen LogP) is 3.03. The monoisotopic (exact) mass is 182 g/mol. The number of carbonyl (C=O) groups is 1. The topological polar surface area (TPSA) is 26.3 Å². The van der Waals surface area contributed by atoms with Crippen LogP contribution < -0.4 is 0 Å². The van der Waals surface area contributed by atoms with Gasteiger partial charge in [0, 0.05) is 6.92 Å². The number of allylic oxidation sites excluding steroid dienone is 2. The van der Waals surface area contributed by atoms with E-state index in [1.165, 1.54) is 31.8 Å². The Morgan fingerprint density at radius 1 is 1.38 bits per heavy atom. The first-order valence-electron chi connectivity index (χ1n) is 4.99. The molecule has 0 saturated heterocycles. The summed E-state index contributed by atoms with van der Waals surface area (Å²) in [6, 6.07) is 0. The molecule has 0 radical (unpaired) electrons. The Morgan fingerprint density at radius 2 is 2.08 bits per heavy atom.